The van der Waals surface area contributed by atoms with Gasteiger partial charge in [0.15, 0.2) is 0 Å². The Morgan fingerprint density at radius 2 is 2.12 bits per heavy atom. The molecule has 50 valence electrons. The van der Waals surface area contributed by atoms with Crippen molar-refractivity contribution in [2.45, 2.75) is 13.3 Å². The van der Waals surface area contributed by atoms with Gasteiger partial charge in [-0.3, -0.25) is 0 Å². The molecule has 0 radical (unpaired) electrons. The van der Waals surface area contributed by atoms with E-state index in [1.807, 2.05) is 6.92 Å². The van der Waals surface area contributed by atoms with Gasteiger partial charge in [0.05, 0.1) is 0 Å². The normalized spacial score (nSPS) is 10.1. The first kappa shape index (κ1) is 8.14. The van der Waals surface area contributed by atoms with Crippen LogP contribution in [0.3, 0.4) is 0 Å². The third kappa shape index (κ3) is 6.14. The molecule has 8 heavy (non-hydrogen) atoms. The lowest BCUT2D eigenvalue weighted by molar-refractivity contribution is 0.132. The highest BCUT2D eigenvalue weighted by Gasteiger charge is 1.82. The Kier molecular flexibility index (Phi) is 7.26. The maximum Gasteiger partial charge on any atom is 0.145 e. The molecule has 0 aromatic carbocycles. The highest BCUT2D eigenvalue weighted by Crippen LogP contribution is 1.80. The zero-order valence-electron chi connectivity index (χ0n) is 5.64. The lowest BCUT2D eigenvalue weighted by atomic mass is 10.5. The minimum Gasteiger partial charge on any atom is -0.428 e. The van der Waals surface area contributed by atoms with Crippen LogP contribution in [0.4, 0.5) is 0 Å². The second-order valence-corrected chi connectivity index (χ2v) is 2.12. The van der Waals surface area contributed by atoms with Gasteiger partial charge in [0, 0.05) is 19.8 Å². The van der Waals surface area contributed by atoms with Gasteiger partial charge < -0.3 is 9.16 Å². The van der Waals surface area contributed by atoms with Crippen LogP contribution in [0, 0.1) is 0 Å². The Morgan fingerprint density at radius 3 is 2.62 bits per heavy atom. The fraction of sp³-hybridized carbons (Fsp3) is 1.00. The van der Waals surface area contributed by atoms with E-state index in [-0.39, 0.29) is 0 Å². The van der Waals surface area contributed by atoms with Crippen LogP contribution in [0.1, 0.15) is 13.3 Å². The van der Waals surface area contributed by atoms with Gasteiger partial charge in [0.25, 0.3) is 0 Å². The average molecular weight is 134 g/mol. The highest BCUT2D eigenvalue weighted by molar-refractivity contribution is 5.97. The van der Waals surface area contributed by atoms with Crippen molar-refractivity contribution < 1.29 is 9.16 Å². The van der Waals surface area contributed by atoms with Crippen molar-refractivity contribution in [2.75, 3.05) is 19.8 Å². The van der Waals surface area contributed by atoms with Crippen LogP contribution in [0.25, 0.3) is 0 Å². The molecule has 0 saturated heterocycles. The van der Waals surface area contributed by atoms with Crippen molar-refractivity contribution in [2.24, 2.45) is 0 Å². The topological polar surface area (TPSA) is 18.5 Å². The molecule has 0 aromatic heterocycles. The number of hydrogen-bond acceptors (Lipinski definition) is 2. The SMILES string of the molecule is CCOCCCO[SiH3]. The van der Waals surface area contributed by atoms with Gasteiger partial charge in [-0.25, -0.2) is 0 Å². The summed E-state index contributed by atoms with van der Waals surface area (Å²) in [5.74, 6) is 0. The zero-order valence-corrected chi connectivity index (χ0v) is 7.64. The molecule has 0 N–H and O–H groups in total. The maximum absolute atomic E-state index is 5.07. The summed E-state index contributed by atoms with van der Waals surface area (Å²) in [6, 6.07) is 0. The van der Waals surface area contributed by atoms with Crippen molar-refractivity contribution >= 4 is 10.5 Å². The molecule has 0 saturated carbocycles. The fourth-order valence-electron chi connectivity index (χ4n) is 0.450. The van der Waals surface area contributed by atoms with Crippen molar-refractivity contribution in [1.82, 2.24) is 0 Å². The van der Waals surface area contributed by atoms with E-state index in [4.69, 9.17) is 9.16 Å². The largest absolute Gasteiger partial charge is 0.428 e. The van der Waals surface area contributed by atoms with Gasteiger partial charge in [-0.05, 0) is 13.3 Å². The van der Waals surface area contributed by atoms with Gasteiger partial charge in [0.1, 0.15) is 10.5 Å². The molecule has 0 aliphatic carbocycles. The van der Waals surface area contributed by atoms with Crippen molar-refractivity contribution in [1.29, 1.82) is 0 Å². The number of ether oxygens (including phenoxy) is 1. The van der Waals surface area contributed by atoms with Crippen LogP contribution < -0.4 is 0 Å². The lowest BCUT2D eigenvalue weighted by Crippen LogP contribution is -1.98. The Morgan fingerprint density at radius 1 is 1.38 bits per heavy atom. The van der Waals surface area contributed by atoms with E-state index in [1.165, 1.54) is 0 Å². The third-order valence-electron chi connectivity index (χ3n) is 0.841. The predicted octanol–water partition coefficient (Wildman–Crippen LogP) is -0.290. The lowest BCUT2D eigenvalue weighted by Gasteiger charge is -1.98. The van der Waals surface area contributed by atoms with Crippen molar-refractivity contribution in [3.8, 4) is 0 Å². The Bertz CT molecular complexity index is 35.4. The summed E-state index contributed by atoms with van der Waals surface area (Å²) in [6.07, 6.45) is 1.04. The Balaban J connectivity index is 2.53. The standard InChI is InChI=1S/C5H14O2Si/c1-2-6-4-3-5-7-8/h2-5H2,1,8H3. The van der Waals surface area contributed by atoms with Gasteiger partial charge in [-0.2, -0.15) is 0 Å². The molecule has 0 heterocycles. The van der Waals surface area contributed by atoms with Gasteiger partial charge >= 0.3 is 0 Å². The third-order valence-corrected chi connectivity index (χ3v) is 1.25. The summed E-state index contributed by atoms with van der Waals surface area (Å²) in [5.41, 5.74) is 0. The van der Waals surface area contributed by atoms with Crippen molar-refractivity contribution in [3.63, 3.8) is 0 Å². The van der Waals surface area contributed by atoms with E-state index in [9.17, 15) is 0 Å². The van der Waals surface area contributed by atoms with E-state index >= 15 is 0 Å². The summed E-state index contributed by atoms with van der Waals surface area (Å²) in [4.78, 5) is 0. The molecule has 0 fully saturated rings. The quantitative estimate of drug-likeness (QED) is 0.380. The highest BCUT2D eigenvalue weighted by atomic mass is 28.2. The molecular formula is C5H14O2Si. The second-order valence-electron chi connectivity index (χ2n) is 1.54. The van der Waals surface area contributed by atoms with Crippen molar-refractivity contribution in [3.05, 3.63) is 0 Å². The first-order chi connectivity index (χ1) is 3.91. The van der Waals surface area contributed by atoms with E-state index < -0.39 is 0 Å². The molecule has 0 atom stereocenters. The first-order valence-corrected chi connectivity index (χ1v) is 3.80. The van der Waals surface area contributed by atoms with Crippen LogP contribution in [-0.2, 0) is 9.16 Å². The summed E-state index contributed by atoms with van der Waals surface area (Å²) in [6.45, 7) is 4.54. The van der Waals surface area contributed by atoms with Crippen LogP contribution in [0.5, 0.6) is 0 Å². The average Bonchev–Trinajstić information content (AvgIpc) is 1.81. The van der Waals surface area contributed by atoms with E-state index in [0.717, 1.165) is 36.7 Å². The summed E-state index contributed by atoms with van der Waals surface area (Å²) < 4.78 is 10.0. The van der Waals surface area contributed by atoms with Crippen LogP contribution >= 0.6 is 0 Å². The smallest absolute Gasteiger partial charge is 0.145 e. The van der Waals surface area contributed by atoms with Crippen LogP contribution in [-0.4, -0.2) is 30.3 Å². The molecule has 0 rings (SSSR count). The molecule has 0 amide bonds. The molecule has 0 aliphatic rings. The molecule has 2 nitrogen and oxygen atoms in total. The predicted molar refractivity (Wildman–Crippen MR) is 37.0 cm³/mol. The van der Waals surface area contributed by atoms with Gasteiger partial charge in [-0.15, -0.1) is 0 Å². The monoisotopic (exact) mass is 134 g/mol. The molecule has 3 heteroatoms. The van der Waals surface area contributed by atoms with Crippen LogP contribution in [0.2, 0.25) is 0 Å². The molecule has 0 bridgehead atoms. The maximum atomic E-state index is 5.07. The molecule has 0 aromatic rings. The molecule has 0 spiro atoms. The summed E-state index contributed by atoms with van der Waals surface area (Å²) in [7, 11) is 0.852. The van der Waals surface area contributed by atoms with E-state index in [2.05, 4.69) is 0 Å². The zero-order chi connectivity index (χ0) is 6.24. The minimum atomic E-state index is 0.821. The first-order valence-electron chi connectivity index (χ1n) is 2.98. The molecule has 0 unspecified atom stereocenters. The number of hydrogen-bond donors (Lipinski definition) is 0. The Labute approximate surface area is 53.7 Å². The fourth-order valence-corrected chi connectivity index (χ4v) is 0.738. The van der Waals surface area contributed by atoms with Gasteiger partial charge in [-0.1, -0.05) is 0 Å². The summed E-state index contributed by atoms with van der Waals surface area (Å²) >= 11 is 0. The van der Waals surface area contributed by atoms with Crippen LogP contribution in [0.15, 0.2) is 0 Å². The number of rotatable bonds is 5. The Hall–Kier alpha value is 0.137. The summed E-state index contributed by atoms with van der Waals surface area (Å²) in [5, 5.41) is 0. The second kappa shape index (κ2) is 7.14. The van der Waals surface area contributed by atoms with Gasteiger partial charge in [0.2, 0.25) is 0 Å². The molecular weight excluding hydrogens is 120 g/mol. The van der Waals surface area contributed by atoms with E-state index in [1.54, 1.807) is 0 Å². The van der Waals surface area contributed by atoms with E-state index in [0.29, 0.717) is 0 Å². The minimum absolute atomic E-state index is 0.821. The molecule has 0 aliphatic heterocycles.